The Morgan fingerprint density at radius 2 is 2.00 bits per heavy atom. The van der Waals surface area contributed by atoms with E-state index in [1.54, 1.807) is 6.07 Å². The smallest absolute Gasteiger partial charge is 0.340 e. The van der Waals surface area contributed by atoms with E-state index in [1.807, 2.05) is 12.1 Å². The lowest BCUT2D eigenvalue weighted by Gasteiger charge is -2.46. The molecule has 1 aromatic rings. The van der Waals surface area contributed by atoms with Crippen molar-refractivity contribution in [1.82, 2.24) is 0 Å². The quantitative estimate of drug-likeness (QED) is 0.670. The van der Waals surface area contributed by atoms with E-state index in [0.717, 1.165) is 18.2 Å². The van der Waals surface area contributed by atoms with Crippen molar-refractivity contribution in [1.29, 1.82) is 0 Å². The highest BCUT2D eigenvalue weighted by atomic mass is 16.5. The summed E-state index contributed by atoms with van der Waals surface area (Å²) >= 11 is 0. The summed E-state index contributed by atoms with van der Waals surface area (Å²) in [5.41, 5.74) is 8.06. The van der Waals surface area contributed by atoms with Crippen LogP contribution >= 0.6 is 0 Å². The van der Waals surface area contributed by atoms with Crippen LogP contribution in [0, 0.1) is 5.92 Å². The molecule has 2 fully saturated rings. The van der Waals surface area contributed by atoms with E-state index < -0.39 is 0 Å². The maximum absolute atomic E-state index is 12.1. The van der Waals surface area contributed by atoms with Gasteiger partial charge >= 0.3 is 5.97 Å². The summed E-state index contributed by atoms with van der Waals surface area (Å²) in [6, 6.07) is 6.18. The normalized spacial score (nSPS) is 25.3. The first kappa shape index (κ1) is 14.2. The van der Waals surface area contributed by atoms with E-state index in [2.05, 4.69) is 4.90 Å². The molecular formula is C17H24N2O2. The number of hydrogen-bond acceptors (Lipinski definition) is 4. The molecule has 3 rings (SSSR count). The first-order valence-electron chi connectivity index (χ1n) is 7.95. The van der Waals surface area contributed by atoms with Crippen LogP contribution in [0.2, 0.25) is 0 Å². The molecule has 1 aliphatic heterocycles. The number of carbonyl (C=O) groups excluding carboxylic acids is 1. The fraction of sp³-hybridized carbons (Fsp3) is 0.588. The van der Waals surface area contributed by atoms with Crippen LogP contribution in [0.25, 0.3) is 0 Å². The number of methoxy groups -OCH3 is 1. The number of nitrogens with zero attached hydrogens (tertiary/aromatic N) is 1. The molecule has 4 nitrogen and oxygen atoms in total. The number of anilines is 2. The van der Waals surface area contributed by atoms with Crippen LogP contribution in [0.15, 0.2) is 18.2 Å². The lowest BCUT2D eigenvalue weighted by molar-refractivity contribution is 0.0601. The summed E-state index contributed by atoms with van der Waals surface area (Å²) in [4.78, 5) is 14.5. The number of nitrogens with two attached hydrogens (primary N) is 1. The number of hydrogen-bond donors (Lipinski definition) is 1. The highest BCUT2D eigenvalue weighted by Crippen LogP contribution is 2.39. The second-order valence-corrected chi connectivity index (χ2v) is 6.22. The lowest BCUT2D eigenvalue weighted by Crippen LogP contribution is -2.47. The molecule has 1 heterocycles. The van der Waals surface area contributed by atoms with Gasteiger partial charge in [0.15, 0.2) is 0 Å². The maximum Gasteiger partial charge on any atom is 0.340 e. The predicted octanol–water partition coefficient (Wildman–Crippen LogP) is 3.21. The van der Waals surface area contributed by atoms with Crippen molar-refractivity contribution in [2.75, 3.05) is 24.3 Å². The highest BCUT2D eigenvalue weighted by molar-refractivity contribution is 5.97. The van der Waals surface area contributed by atoms with Gasteiger partial charge in [0, 0.05) is 18.3 Å². The number of rotatable bonds is 2. The molecule has 0 bridgehead atoms. The fourth-order valence-corrected chi connectivity index (χ4v) is 4.00. The van der Waals surface area contributed by atoms with Crippen LogP contribution in [-0.2, 0) is 4.74 Å². The number of fused-ring (bicyclic) bond motifs is 1. The van der Waals surface area contributed by atoms with Crippen LogP contribution in [0.1, 0.15) is 48.9 Å². The van der Waals surface area contributed by atoms with Crippen molar-refractivity contribution in [3.63, 3.8) is 0 Å². The van der Waals surface area contributed by atoms with Crippen molar-refractivity contribution >= 4 is 17.3 Å². The van der Waals surface area contributed by atoms with Crippen molar-refractivity contribution in [3.8, 4) is 0 Å². The SMILES string of the molecule is COC(=O)c1cc(N)ccc1N1CCC[C@H]2CCCC[C@H]21. The third kappa shape index (κ3) is 2.71. The summed E-state index contributed by atoms with van der Waals surface area (Å²) in [5.74, 6) is 0.478. The van der Waals surface area contributed by atoms with Crippen LogP contribution < -0.4 is 10.6 Å². The molecule has 0 unspecified atom stereocenters. The Bertz CT molecular complexity index is 528. The van der Waals surface area contributed by atoms with Crippen molar-refractivity contribution in [2.24, 2.45) is 5.92 Å². The zero-order valence-corrected chi connectivity index (χ0v) is 12.7. The second-order valence-electron chi connectivity index (χ2n) is 6.22. The summed E-state index contributed by atoms with van der Waals surface area (Å²) in [5, 5.41) is 0. The number of ether oxygens (including phenoxy) is 1. The van der Waals surface area contributed by atoms with Crippen LogP contribution in [0.4, 0.5) is 11.4 Å². The summed E-state index contributed by atoms with van der Waals surface area (Å²) < 4.78 is 4.94. The van der Waals surface area contributed by atoms with E-state index in [-0.39, 0.29) is 5.97 Å². The molecular weight excluding hydrogens is 264 g/mol. The average molecular weight is 288 g/mol. The standard InChI is InChI=1S/C17H24N2O2/c1-21-17(20)14-11-13(18)8-9-16(14)19-10-4-6-12-5-2-3-7-15(12)19/h8-9,11-12,15H,2-7,10,18H2,1H3/t12-,15-/m1/s1. The Balaban J connectivity index is 1.96. The zero-order valence-electron chi connectivity index (χ0n) is 12.7. The van der Waals surface area contributed by atoms with Crippen LogP contribution in [0.5, 0.6) is 0 Å². The van der Waals surface area contributed by atoms with Gasteiger partial charge in [0.2, 0.25) is 0 Å². The Morgan fingerprint density at radius 3 is 2.81 bits per heavy atom. The van der Waals surface area contributed by atoms with Gasteiger partial charge in [-0.3, -0.25) is 0 Å². The molecule has 1 saturated heterocycles. The van der Waals surface area contributed by atoms with Gasteiger partial charge in [0.05, 0.1) is 18.4 Å². The van der Waals surface area contributed by atoms with Gasteiger partial charge in [0.1, 0.15) is 0 Å². The Morgan fingerprint density at radius 1 is 1.24 bits per heavy atom. The van der Waals surface area contributed by atoms with Gasteiger partial charge in [-0.05, 0) is 49.8 Å². The van der Waals surface area contributed by atoms with Crippen molar-refractivity contribution in [3.05, 3.63) is 23.8 Å². The minimum atomic E-state index is -0.296. The molecule has 2 atom stereocenters. The number of carbonyl (C=O) groups is 1. The predicted molar refractivity (Wildman–Crippen MR) is 84.5 cm³/mol. The molecule has 21 heavy (non-hydrogen) atoms. The van der Waals surface area contributed by atoms with Crippen LogP contribution in [-0.4, -0.2) is 25.7 Å². The molecule has 0 radical (unpaired) electrons. The maximum atomic E-state index is 12.1. The number of benzene rings is 1. The van der Waals surface area contributed by atoms with Gasteiger partial charge in [-0.15, -0.1) is 0 Å². The van der Waals surface area contributed by atoms with Crippen molar-refractivity contribution < 1.29 is 9.53 Å². The number of esters is 1. The first-order valence-corrected chi connectivity index (χ1v) is 7.95. The molecule has 0 amide bonds. The van der Waals surface area contributed by atoms with Gasteiger partial charge in [-0.2, -0.15) is 0 Å². The van der Waals surface area contributed by atoms with Gasteiger partial charge < -0.3 is 15.4 Å². The van der Waals surface area contributed by atoms with E-state index in [4.69, 9.17) is 10.5 Å². The molecule has 1 aromatic carbocycles. The fourth-order valence-electron chi connectivity index (χ4n) is 4.00. The minimum absolute atomic E-state index is 0.296. The van der Waals surface area contributed by atoms with E-state index >= 15 is 0 Å². The largest absolute Gasteiger partial charge is 0.465 e. The highest BCUT2D eigenvalue weighted by Gasteiger charge is 2.34. The van der Waals surface area contributed by atoms with E-state index in [0.29, 0.717) is 17.3 Å². The zero-order chi connectivity index (χ0) is 14.8. The Hall–Kier alpha value is -1.71. The van der Waals surface area contributed by atoms with Gasteiger partial charge in [-0.25, -0.2) is 4.79 Å². The second kappa shape index (κ2) is 5.96. The lowest BCUT2D eigenvalue weighted by atomic mass is 9.78. The summed E-state index contributed by atoms with van der Waals surface area (Å²) in [6.07, 6.45) is 7.72. The molecule has 1 saturated carbocycles. The Kier molecular flexibility index (Phi) is 4.04. The molecule has 114 valence electrons. The minimum Gasteiger partial charge on any atom is -0.465 e. The number of nitrogen functional groups attached to an aromatic ring is 1. The monoisotopic (exact) mass is 288 g/mol. The molecule has 0 aromatic heterocycles. The summed E-state index contributed by atoms with van der Waals surface area (Å²) in [6.45, 7) is 1.02. The molecule has 1 aliphatic carbocycles. The van der Waals surface area contributed by atoms with Gasteiger partial charge in [-0.1, -0.05) is 12.8 Å². The number of piperidine rings is 1. The average Bonchev–Trinajstić information content (AvgIpc) is 2.53. The molecule has 0 spiro atoms. The molecule has 2 N–H and O–H groups in total. The third-order valence-corrected chi connectivity index (χ3v) is 4.98. The van der Waals surface area contributed by atoms with Crippen LogP contribution in [0.3, 0.4) is 0 Å². The molecule has 4 heteroatoms. The van der Waals surface area contributed by atoms with E-state index in [9.17, 15) is 4.79 Å². The van der Waals surface area contributed by atoms with Crippen molar-refractivity contribution in [2.45, 2.75) is 44.6 Å². The van der Waals surface area contributed by atoms with E-state index in [1.165, 1.54) is 45.6 Å². The topological polar surface area (TPSA) is 55.6 Å². The first-order chi connectivity index (χ1) is 10.2. The third-order valence-electron chi connectivity index (χ3n) is 4.98. The summed E-state index contributed by atoms with van der Waals surface area (Å²) in [7, 11) is 1.43. The Labute approximate surface area is 126 Å². The molecule has 2 aliphatic rings. The van der Waals surface area contributed by atoms with Gasteiger partial charge in [0.25, 0.3) is 0 Å².